The van der Waals surface area contributed by atoms with Gasteiger partial charge in [-0.3, -0.25) is 0 Å². The standard InChI is InChI=1S/C14H20BNO4.C8H10BNO4.C6H14O2/c1-13(2)14(3,4)20-15(19-13)10-6-9(12(17)18-5)7-11(16)8-10;1-14-8(11)5-2-6(9(12)13)4-7(10)3-5;1-5(2,7)6(3,4)8/h6-8H,16H2,1-5H3;2-4,12-13H,10H2,1H3;7-8H,1-4H3. The second-order valence-electron chi connectivity index (χ2n) is 11.8. The molecule has 0 radical (unpaired) electrons. The predicted octanol–water partition coefficient (Wildman–Crippen LogP) is 0.618. The first-order valence-electron chi connectivity index (χ1n) is 13.1. The number of benzene rings is 2. The molecule has 0 spiro atoms. The molecular formula is C28H44B2N2O10. The summed E-state index contributed by atoms with van der Waals surface area (Å²) in [7, 11) is 0.370. The van der Waals surface area contributed by atoms with Gasteiger partial charge in [0, 0.05) is 11.4 Å². The maximum Gasteiger partial charge on any atom is 0.494 e. The third-order valence-electron chi connectivity index (χ3n) is 7.12. The Morgan fingerprint density at radius 1 is 0.762 bits per heavy atom. The second kappa shape index (κ2) is 13.9. The molecule has 0 bridgehead atoms. The van der Waals surface area contributed by atoms with E-state index in [0.29, 0.717) is 16.7 Å². The van der Waals surface area contributed by atoms with Crippen LogP contribution in [0.25, 0.3) is 0 Å². The monoisotopic (exact) mass is 590 g/mol. The number of carbonyl (C=O) groups excluding carboxylic acids is 2. The Bertz CT molecular complexity index is 1210. The molecule has 1 heterocycles. The lowest BCUT2D eigenvalue weighted by Gasteiger charge is -2.32. The molecule has 2 aromatic rings. The normalized spacial score (nSPS) is 15.4. The van der Waals surface area contributed by atoms with Crippen LogP contribution in [0.2, 0.25) is 0 Å². The Morgan fingerprint density at radius 2 is 1.14 bits per heavy atom. The second-order valence-corrected chi connectivity index (χ2v) is 11.8. The van der Waals surface area contributed by atoms with Gasteiger partial charge in [0.1, 0.15) is 0 Å². The largest absolute Gasteiger partial charge is 0.494 e. The zero-order chi connectivity index (χ0) is 32.8. The minimum absolute atomic E-state index is 0.158. The minimum Gasteiger partial charge on any atom is -0.465 e. The van der Waals surface area contributed by atoms with Gasteiger partial charge < -0.3 is 50.5 Å². The van der Waals surface area contributed by atoms with Gasteiger partial charge in [-0.15, -0.1) is 0 Å². The number of methoxy groups -OCH3 is 2. The van der Waals surface area contributed by atoms with Gasteiger partial charge in [0.2, 0.25) is 0 Å². The molecule has 1 saturated heterocycles. The van der Waals surface area contributed by atoms with Crippen LogP contribution in [0.15, 0.2) is 36.4 Å². The molecule has 0 atom stereocenters. The van der Waals surface area contributed by atoms with Crippen molar-refractivity contribution in [2.75, 3.05) is 25.7 Å². The number of esters is 2. The van der Waals surface area contributed by atoms with Crippen LogP contribution < -0.4 is 22.4 Å². The van der Waals surface area contributed by atoms with Crippen molar-refractivity contribution in [3.8, 4) is 0 Å². The summed E-state index contributed by atoms with van der Waals surface area (Å²) in [5.74, 6) is -1.01. The molecule has 42 heavy (non-hydrogen) atoms. The molecule has 1 aliphatic rings. The Morgan fingerprint density at radius 3 is 1.50 bits per heavy atom. The van der Waals surface area contributed by atoms with Crippen LogP contribution in [-0.2, 0) is 18.8 Å². The van der Waals surface area contributed by atoms with Crippen molar-refractivity contribution in [3.05, 3.63) is 47.5 Å². The third-order valence-corrected chi connectivity index (χ3v) is 7.12. The summed E-state index contributed by atoms with van der Waals surface area (Å²) in [5, 5.41) is 36.0. The first-order chi connectivity index (χ1) is 19.0. The predicted molar refractivity (Wildman–Crippen MR) is 163 cm³/mol. The van der Waals surface area contributed by atoms with Crippen molar-refractivity contribution < 1.29 is 48.6 Å². The number of nitrogens with two attached hydrogens (primary N) is 2. The van der Waals surface area contributed by atoms with Crippen molar-refractivity contribution >= 4 is 48.5 Å². The van der Waals surface area contributed by atoms with Gasteiger partial charge in [0.15, 0.2) is 0 Å². The van der Waals surface area contributed by atoms with Gasteiger partial charge in [0.05, 0.1) is 47.8 Å². The highest BCUT2D eigenvalue weighted by molar-refractivity contribution is 6.62. The van der Waals surface area contributed by atoms with Crippen molar-refractivity contribution in [2.24, 2.45) is 0 Å². The minimum atomic E-state index is -1.65. The zero-order valence-electron chi connectivity index (χ0n) is 26.0. The van der Waals surface area contributed by atoms with E-state index in [1.807, 2.05) is 27.7 Å². The number of hydrogen-bond acceptors (Lipinski definition) is 12. The molecule has 0 amide bonds. The van der Waals surface area contributed by atoms with Crippen molar-refractivity contribution in [3.63, 3.8) is 0 Å². The van der Waals surface area contributed by atoms with Gasteiger partial charge >= 0.3 is 26.2 Å². The fraction of sp³-hybridized carbons (Fsp3) is 0.500. The summed E-state index contributed by atoms with van der Waals surface area (Å²) >= 11 is 0. The average Bonchev–Trinajstić information content (AvgIpc) is 3.08. The molecule has 12 nitrogen and oxygen atoms in total. The SMILES string of the molecule is CC(C)(O)C(C)(C)O.COC(=O)c1cc(N)cc(B(O)O)c1.COC(=O)c1cc(N)cc(B2OC(C)(C)C(C)(C)O2)c1. The number of carbonyl (C=O) groups is 2. The fourth-order valence-corrected chi connectivity index (χ4v) is 3.09. The van der Waals surface area contributed by atoms with Crippen LogP contribution in [0.4, 0.5) is 11.4 Å². The number of nitrogen functional groups attached to an aromatic ring is 2. The Balaban J connectivity index is 0.000000349. The molecule has 0 aliphatic carbocycles. The van der Waals surface area contributed by atoms with Crippen LogP contribution >= 0.6 is 0 Å². The van der Waals surface area contributed by atoms with E-state index in [1.165, 1.54) is 32.4 Å². The van der Waals surface area contributed by atoms with E-state index < -0.39 is 48.6 Å². The molecule has 0 unspecified atom stereocenters. The maximum absolute atomic E-state index is 11.6. The molecule has 8 N–H and O–H groups in total. The van der Waals surface area contributed by atoms with Gasteiger partial charge in [0.25, 0.3) is 0 Å². The van der Waals surface area contributed by atoms with Crippen LogP contribution in [0.3, 0.4) is 0 Å². The van der Waals surface area contributed by atoms with E-state index >= 15 is 0 Å². The highest BCUT2D eigenvalue weighted by Crippen LogP contribution is 2.36. The summed E-state index contributed by atoms with van der Waals surface area (Å²) in [6.45, 7) is 14.2. The van der Waals surface area contributed by atoms with Crippen LogP contribution in [-0.4, -0.2) is 83.1 Å². The highest BCUT2D eigenvalue weighted by atomic mass is 16.7. The van der Waals surface area contributed by atoms with E-state index in [9.17, 15) is 9.59 Å². The summed E-state index contributed by atoms with van der Waals surface area (Å²) in [5.41, 5.74) is 10.6. The van der Waals surface area contributed by atoms with Gasteiger partial charge in [-0.25, -0.2) is 9.59 Å². The smallest absolute Gasteiger partial charge is 0.465 e. The Hall–Kier alpha value is -3.13. The molecule has 232 valence electrons. The van der Waals surface area contributed by atoms with E-state index in [2.05, 4.69) is 4.74 Å². The lowest BCUT2D eigenvalue weighted by Crippen LogP contribution is -2.44. The van der Waals surface area contributed by atoms with Crippen molar-refractivity contribution in [2.45, 2.75) is 77.8 Å². The first kappa shape index (κ1) is 36.9. The number of hydrogen-bond donors (Lipinski definition) is 6. The number of anilines is 2. The zero-order valence-corrected chi connectivity index (χ0v) is 26.0. The molecule has 2 aromatic carbocycles. The number of aliphatic hydroxyl groups is 2. The van der Waals surface area contributed by atoms with Crippen LogP contribution in [0, 0.1) is 0 Å². The molecule has 0 aromatic heterocycles. The quantitative estimate of drug-likeness (QED) is 0.161. The molecular weight excluding hydrogens is 546 g/mol. The third kappa shape index (κ3) is 10.0. The maximum atomic E-state index is 11.6. The molecule has 14 heteroatoms. The van der Waals surface area contributed by atoms with E-state index in [1.54, 1.807) is 45.9 Å². The van der Waals surface area contributed by atoms with Crippen LogP contribution in [0.5, 0.6) is 0 Å². The fourth-order valence-electron chi connectivity index (χ4n) is 3.09. The van der Waals surface area contributed by atoms with Gasteiger partial charge in [-0.1, -0.05) is 0 Å². The summed E-state index contributed by atoms with van der Waals surface area (Å²) < 4.78 is 21.1. The Kier molecular flexibility index (Phi) is 12.2. The van der Waals surface area contributed by atoms with Gasteiger partial charge in [-0.2, -0.15) is 0 Å². The summed E-state index contributed by atoms with van der Waals surface area (Å²) in [6, 6.07) is 9.08. The average molecular weight is 590 g/mol. The van der Waals surface area contributed by atoms with E-state index in [-0.39, 0.29) is 16.7 Å². The topological polar surface area (TPSA) is 204 Å². The highest BCUT2D eigenvalue weighted by Gasteiger charge is 2.51. The van der Waals surface area contributed by atoms with Crippen molar-refractivity contribution in [1.29, 1.82) is 0 Å². The lowest BCUT2D eigenvalue weighted by atomic mass is 9.78. The van der Waals surface area contributed by atoms with E-state index in [4.69, 9.17) is 45.8 Å². The molecule has 3 rings (SSSR count). The van der Waals surface area contributed by atoms with Crippen LogP contribution in [0.1, 0.15) is 76.1 Å². The number of ether oxygens (including phenoxy) is 2. The Labute approximate surface area is 248 Å². The number of rotatable bonds is 5. The van der Waals surface area contributed by atoms with E-state index in [0.717, 1.165) is 0 Å². The first-order valence-corrected chi connectivity index (χ1v) is 13.1. The summed E-state index contributed by atoms with van der Waals surface area (Å²) in [6.07, 6.45) is 0. The summed E-state index contributed by atoms with van der Waals surface area (Å²) in [4.78, 5) is 22.7. The van der Waals surface area contributed by atoms with Crippen molar-refractivity contribution in [1.82, 2.24) is 0 Å². The molecule has 0 saturated carbocycles. The molecule has 1 fully saturated rings. The lowest BCUT2D eigenvalue weighted by molar-refractivity contribution is -0.107. The van der Waals surface area contributed by atoms with Gasteiger partial charge in [-0.05, 0) is 103 Å². The molecule has 1 aliphatic heterocycles.